The highest BCUT2D eigenvalue weighted by Crippen LogP contribution is 2.26. The number of aliphatic hydroxyl groups is 1. The highest BCUT2D eigenvalue weighted by Gasteiger charge is 2.08. The molecule has 0 aliphatic heterocycles. The summed E-state index contributed by atoms with van der Waals surface area (Å²) >= 11 is 0. The van der Waals surface area contributed by atoms with E-state index in [2.05, 4.69) is 0 Å². The summed E-state index contributed by atoms with van der Waals surface area (Å²) in [6.07, 6.45) is 0.628. The van der Waals surface area contributed by atoms with Gasteiger partial charge in [-0.2, -0.15) is 0 Å². The lowest BCUT2D eigenvalue weighted by Gasteiger charge is -2.11. The van der Waals surface area contributed by atoms with Crippen LogP contribution in [0.2, 0.25) is 0 Å². The van der Waals surface area contributed by atoms with E-state index in [0.29, 0.717) is 23.5 Å². The minimum absolute atomic E-state index is 0.0168. The number of hydrogen-bond donors (Lipinski definition) is 3. The van der Waals surface area contributed by atoms with Gasteiger partial charge < -0.3 is 15.6 Å². The van der Waals surface area contributed by atoms with Crippen LogP contribution < -0.4 is 10.5 Å². The summed E-state index contributed by atoms with van der Waals surface area (Å²) in [5.41, 5.74) is 8.23. The molecule has 0 atom stereocenters. The Morgan fingerprint density at radius 3 is 2.50 bits per heavy atom. The Labute approximate surface area is 118 Å². The molecule has 0 aliphatic carbocycles. The van der Waals surface area contributed by atoms with Crippen molar-refractivity contribution in [3.63, 3.8) is 0 Å². The van der Waals surface area contributed by atoms with Gasteiger partial charge in [0.15, 0.2) is 0 Å². The Bertz CT molecular complexity index is 606. The molecule has 2 aromatic carbocycles. The number of hydrogen-bond acceptors (Lipinski definition) is 3. The third kappa shape index (κ3) is 3.36. The third-order valence-electron chi connectivity index (χ3n) is 2.98. The van der Waals surface area contributed by atoms with Gasteiger partial charge in [-0.05, 0) is 48.7 Å². The number of aryl methyl sites for hydroxylation is 1. The molecule has 4 N–H and O–H groups in total. The second-order valence-corrected chi connectivity index (χ2v) is 4.63. The lowest BCUT2D eigenvalue weighted by molar-refractivity contribution is 0.299. The number of benzene rings is 2. The highest BCUT2D eigenvalue weighted by atomic mass is 16.5. The number of ether oxygens (including phenoxy) is 1. The number of nitrogen functional groups attached to an aromatic ring is 1. The van der Waals surface area contributed by atoms with E-state index in [1.165, 1.54) is 0 Å². The summed E-state index contributed by atoms with van der Waals surface area (Å²) in [5.74, 6) is 1.24. The Kier molecular flexibility index (Phi) is 4.38. The zero-order chi connectivity index (χ0) is 14.5. The van der Waals surface area contributed by atoms with Gasteiger partial charge in [0.05, 0.1) is 5.56 Å². The van der Waals surface area contributed by atoms with Crippen molar-refractivity contribution < 1.29 is 9.84 Å². The molecule has 4 heteroatoms. The molecule has 20 heavy (non-hydrogen) atoms. The van der Waals surface area contributed by atoms with Gasteiger partial charge in [0.1, 0.15) is 17.3 Å². The molecular formula is C16H18N2O2. The molecule has 2 rings (SSSR count). The third-order valence-corrected chi connectivity index (χ3v) is 2.98. The predicted molar refractivity (Wildman–Crippen MR) is 79.5 cm³/mol. The van der Waals surface area contributed by atoms with Gasteiger partial charge in [0.25, 0.3) is 0 Å². The molecule has 0 radical (unpaired) electrons. The van der Waals surface area contributed by atoms with Gasteiger partial charge in [-0.3, -0.25) is 5.41 Å². The number of nitrogens with one attached hydrogen (secondary N) is 1. The highest BCUT2D eigenvalue weighted by molar-refractivity contribution is 5.97. The van der Waals surface area contributed by atoms with E-state index >= 15 is 0 Å². The van der Waals surface area contributed by atoms with Crippen molar-refractivity contribution in [1.29, 1.82) is 5.41 Å². The average molecular weight is 270 g/mol. The van der Waals surface area contributed by atoms with Gasteiger partial charge in [-0.1, -0.05) is 18.2 Å². The number of amidine groups is 1. The first kappa shape index (κ1) is 14.1. The maximum Gasteiger partial charge on any atom is 0.138 e. The van der Waals surface area contributed by atoms with Crippen LogP contribution in [0.5, 0.6) is 11.5 Å². The van der Waals surface area contributed by atoms with Crippen molar-refractivity contribution in [3.05, 3.63) is 59.2 Å². The Hall–Kier alpha value is -2.33. The van der Waals surface area contributed by atoms with E-state index in [4.69, 9.17) is 21.0 Å². The topological polar surface area (TPSA) is 79.3 Å². The Morgan fingerprint density at radius 2 is 1.90 bits per heavy atom. The maximum absolute atomic E-state index is 8.88. The monoisotopic (exact) mass is 270 g/mol. The van der Waals surface area contributed by atoms with E-state index in [-0.39, 0.29) is 12.4 Å². The summed E-state index contributed by atoms with van der Waals surface area (Å²) in [6, 6.07) is 13.1. The largest absolute Gasteiger partial charge is 0.457 e. The van der Waals surface area contributed by atoms with Crippen LogP contribution in [0.15, 0.2) is 42.5 Å². The molecule has 0 bridgehead atoms. The lowest BCUT2D eigenvalue weighted by atomic mass is 10.1. The maximum atomic E-state index is 8.88. The van der Waals surface area contributed by atoms with Crippen LogP contribution in [0.1, 0.15) is 16.7 Å². The van der Waals surface area contributed by atoms with Crippen LogP contribution in [0.4, 0.5) is 0 Å². The van der Waals surface area contributed by atoms with Gasteiger partial charge in [-0.25, -0.2) is 0 Å². The molecule has 0 spiro atoms. The van der Waals surface area contributed by atoms with Crippen molar-refractivity contribution in [2.75, 3.05) is 6.61 Å². The fourth-order valence-corrected chi connectivity index (χ4v) is 1.92. The SMILES string of the molecule is Cc1ccc(C(=N)N)c(Oc2ccc(CCO)cc2)c1. The van der Waals surface area contributed by atoms with E-state index in [1.54, 1.807) is 6.07 Å². The molecule has 0 fully saturated rings. The molecule has 0 aliphatic rings. The lowest BCUT2D eigenvalue weighted by Crippen LogP contribution is -2.12. The number of rotatable bonds is 5. The predicted octanol–water partition coefficient (Wildman–Crippen LogP) is 2.61. The second kappa shape index (κ2) is 6.21. The molecule has 0 saturated carbocycles. The first-order valence-electron chi connectivity index (χ1n) is 6.43. The van der Waals surface area contributed by atoms with Gasteiger partial charge in [0, 0.05) is 6.61 Å². The minimum Gasteiger partial charge on any atom is -0.457 e. The zero-order valence-electron chi connectivity index (χ0n) is 11.4. The van der Waals surface area contributed by atoms with E-state index in [9.17, 15) is 0 Å². The molecular weight excluding hydrogens is 252 g/mol. The van der Waals surface area contributed by atoms with Crippen LogP contribution in [0.25, 0.3) is 0 Å². The van der Waals surface area contributed by atoms with Crippen molar-refractivity contribution in [1.82, 2.24) is 0 Å². The first-order chi connectivity index (χ1) is 9.60. The van der Waals surface area contributed by atoms with Crippen LogP contribution in [0, 0.1) is 12.3 Å². The average Bonchev–Trinajstić information content (AvgIpc) is 2.41. The van der Waals surface area contributed by atoms with Crippen LogP contribution in [-0.2, 0) is 6.42 Å². The van der Waals surface area contributed by atoms with Crippen molar-refractivity contribution in [2.45, 2.75) is 13.3 Å². The second-order valence-electron chi connectivity index (χ2n) is 4.63. The summed E-state index contributed by atoms with van der Waals surface area (Å²) < 4.78 is 5.80. The van der Waals surface area contributed by atoms with Crippen molar-refractivity contribution >= 4 is 5.84 Å². The van der Waals surface area contributed by atoms with Crippen molar-refractivity contribution in [2.24, 2.45) is 5.73 Å². The van der Waals surface area contributed by atoms with E-state index in [0.717, 1.165) is 11.1 Å². The Balaban J connectivity index is 2.25. The quantitative estimate of drug-likeness (QED) is 0.577. The minimum atomic E-state index is -0.0168. The van der Waals surface area contributed by atoms with E-state index in [1.807, 2.05) is 43.3 Å². The molecule has 0 amide bonds. The molecule has 0 aromatic heterocycles. The van der Waals surface area contributed by atoms with Gasteiger partial charge in [0.2, 0.25) is 0 Å². The molecule has 104 valence electrons. The standard InChI is InChI=1S/C16H18N2O2/c1-11-2-7-14(16(17)18)15(10-11)20-13-5-3-12(4-6-13)8-9-19/h2-7,10,19H,8-9H2,1H3,(H3,17,18). The zero-order valence-corrected chi connectivity index (χ0v) is 11.4. The molecule has 0 saturated heterocycles. The van der Waals surface area contributed by atoms with Crippen LogP contribution in [-0.4, -0.2) is 17.5 Å². The molecule has 0 heterocycles. The summed E-state index contributed by atoms with van der Waals surface area (Å²) in [5, 5.41) is 16.5. The smallest absolute Gasteiger partial charge is 0.138 e. The first-order valence-corrected chi connectivity index (χ1v) is 6.43. The molecule has 4 nitrogen and oxygen atoms in total. The van der Waals surface area contributed by atoms with Crippen LogP contribution in [0.3, 0.4) is 0 Å². The number of nitrogens with two attached hydrogens (primary N) is 1. The summed E-state index contributed by atoms with van der Waals surface area (Å²) in [6.45, 7) is 2.09. The molecule has 2 aromatic rings. The molecule has 0 unspecified atom stereocenters. The number of aliphatic hydroxyl groups excluding tert-OH is 1. The van der Waals surface area contributed by atoms with Gasteiger partial charge >= 0.3 is 0 Å². The van der Waals surface area contributed by atoms with Crippen molar-refractivity contribution in [3.8, 4) is 11.5 Å². The fourth-order valence-electron chi connectivity index (χ4n) is 1.92. The van der Waals surface area contributed by atoms with E-state index < -0.39 is 0 Å². The van der Waals surface area contributed by atoms with Crippen LogP contribution >= 0.6 is 0 Å². The summed E-state index contributed by atoms with van der Waals surface area (Å²) in [7, 11) is 0. The fraction of sp³-hybridized carbons (Fsp3) is 0.188. The Morgan fingerprint density at radius 1 is 1.20 bits per heavy atom. The normalized spacial score (nSPS) is 10.3. The summed E-state index contributed by atoms with van der Waals surface area (Å²) in [4.78, 5) is 0. The van der Waals surface area contributed by atoms with Gasteiger partial charge in [-0.15, -0.1) is 0 Å².